The van der Waals surface area contributed by atoms with Crippen molar-refractivity contribution in [2.24, 2.45) is 0 Å². The van der Waals surface area contributed by atoms with E-state index < -0.39 is 0 Å². The molecule has 1 aliphatic rings. The van der Waals surface area contributed by atoms with Crippen molar-refractivity contribution in [3.8, 4) is 0 Å². The SMILES string of the molecule is CC(O)c1ccc(C2CCCCC2)cc1. The topological polar surface area (TPSA) is 20.2 Å². The summed E-state index contributed by atoms with van der Waals surface area (Å²) < 4.78 is 0. The number of aliphatic hydroxyl groups excluding tert-OH is 1. The average Bonchev–Trinajstić information content (AvgIpc) is 2.30. The van der Waals surface area contributed by atoms with Gasteiger partial charge in [0, 0.05) is 0 Å². The Balaban J connectivity index is 2.08. The molecule has 0 bridgehead atoms. The normalized spacial score (nSPS) is 20.1. The molecule has 82 valence electrons. The molecule has 1 aromatic carbocycles. The van der Waals surface area contributed by atoms with E-state index in [-0.39, 0.29) is 6.10 Å². The van der Waals surface area contributed by atoms with Crippen molar-refractivity contribution in [3.63, 3.8) is 0 Å². The second-order valence-corrected chi connectivity index (χ2v) is 4.68. The van der Waals surface area contributed by atoms with Gasteiger partial charge in [-0.2, -0.15) is 0 Å². The lowest BCUT2D eigenvalue weighted by molar-refractivity contribution is 0.199. The second kappa shape index (κ2) is 4.80. The van der Waals surface area contributed by atoms with E-state index in [0.717, 1.165) is 11.5 Å². The zero-order chi connectivity index (χ0) is 10.7. The third-order valence-electron chi connectivity index (χ3n) is 3.50. The smallest absolute Gasteiger partial charge is 0.0761 e. The van der Waals surface area contributed by atoms with Crippen LogP contribution in [-0.2, 0) is 0 Å². The minimum atomic E-state index is -0.342. The van der Waals surface area contributed by atoms with Crippen LogP contribution in [0.3, 0.4) is 0 Å². The Hall–Kier alpha value is -0.820. The van der Waals surface area contributed by atoms with Crippen LogP contribution in [0.1, 0.15) is 62.2 Å². The molecule has 1 atom stereocenters. The van der Waals surface area contributed by atoms with Crippen LogP contribution in [0.5, 0.6) is 0 Å². The Labute approximate surface area is 92.1 Å². The van der Waals surface area contributed by atoms with Crippen molar-refractivity contribution in [1.29, 1.82) is 0 Å². The number of benzene rings is 1. The highest BCUT2D eigenvalue weighted by Crippen LogP contribution is 2.32. The van der Waals surface area contributed by atoms with Crippen molar-refractivity contribution in [1.82, 2.24) is 0 Å². The van der Waals surface area contributed by atoms with Crippen LogP contribution >= 0.6 is 0 Å². The molecule has 1 heteroatoms. The molecule has 1 saturated carbocycles. The van der Waals surface area contributed by atoms with Gasteiger partial charge >= 0.3 is 0 Å². The number of rotatable bonds is 2. The van der Waals surface area contributed by atoms with Crippen molar-refractivity contribution in [2.45, 2.75) is 51.0 Å². The van der Waals surface area contributed by atoms with Gasteiger partial charge in [0.2, 0.25) is 0 Å². The fraction of sp³-hybridized carbons (Fsp3) is 0.571. The van der Waals surface area contributed by atoms with Gasteiger partial charge in [-0.25, -0.2) is 0 Å². The number of hydrogen-bond donors (Lipinski definition) is 1. The van der Waals surface area contributed by atoms with Crippen LogP contribution in [0.15, 0.2) is 24.3 Å². The van der Waals surface area contributed by atoms with E-state index in [1.54, 1.807) is 0 Å². The summed E-state index contributed by atoms with van der Waals surface area (Å²) in [6.07, 6.45) is 6.50. The lowest BCUT2D eigenvalue weighted by Crippen LogP contribution is -2.04. The summed E-state index contributed by atoms with van der Waals surface area (Å²) >= 11 is 0. The maximum Gasteiger partial charge on any atom is 0.0761 e. The third kappa shape index (κ3) is 2.60. The predicted octanol–water partition coefficient (Wildman–Crippen LogP) is 3.79. The predicted molar refractivity (Wildman–Crippen MR) is 62.9 cm³/mol. The molecule has 1 unspecified atom stereocenters. The largest absolute Gasteiger partial charge is 0.389 e. The van der Waals surface area contributed by atoms with E-state index in [0.29, 0.717) is 0 Å². The summed E-state index contributed by atoms with van der Waals surface area (Å²) in [6, 6.07) is 8.51. The first kappa shape index (κ1) is 10.7. The molecule has 1 aliphatic carbocycles. The highest BCUT2D eigenvalue weighted by molar-refractivity contribution is 5.26. The van der Waals surface area contributed by atoms with E-state index >= 15 is 0 Å². The van der Waals surface area contributed by atoms with Crippen LogP contribution in [0.4, 0.5) is 0 Å². The molecule has 0 aliphatic heterocycles. The zero-order valence-electron chi connectivity index (χ0n) is 9.45. The molecular formula is C14H20O. The Morgan fingerprint density at radius 3 is 2.20 bits per heavy atom. The molecule has 1 fully saturated rings. The molecule has 0 heterocycles. The summed E-state index contributed by atoms with van der Waals surface area (Å²) in [6.45, 7) is 1.82. The van der Waals surface area contributed by atoms with Gasteiger partial charge in [0.15, 0.2) is 0 Å². The van der Waals surface area contributed by atoms with E-state index in [1.807, 2.05) is 6.92 Å². The summed E-state index contributed by atoms with van der Waals surface area (Å²) in [5.41, 5.74) is 2.48. The molecule has 0 amide bonds. The molecular weight excluding hydrogens is 184 g/mol. The quantitative estimate of drug-likeness (QED) is 0.777. The third-order valence-corrected chi connectivity index (χ3v) is 3.50. The molecule has 1 N–H and O–H groups in total. The minimum absolute atomic E-state index is 0.342. The van der Waals surface area contributed by atoms with Gasteiger partial charge in [-0.05, 0) is 36.8 Å². The summed E-state index contributed by atoms with van der Waals surface area (Å²) in [7, 11) is 0. The fourth-order valence-corrected chi connectivity index (χ4v) is 2.48. The summed E-state index contributed by atoms with van der Waals surface area (Å²) in [4.78, 5) is 0. The first-order chi connectivity index (χ1) is 7.27. The first-order valence-corrected chi connectivity index (χ1v) is 6.05. The minimum Gasteiger partial charge on any atom is -0.389 e. The van der Waals surface area contributed by atoms with E-state index in [4.69, 9.17) is 0 Å². The highest BCUT2D eigenvalue weighted by atomic mass is 16.3. The molecule has 0 spiro atoms. The molecule has 15 heavy (non-hydrogen) atoms. The molecule has 0 aromatic heterocycles. The van der Waals surface area contributed by atoms with Crippen molar-refractivity contribution in [3.05, 3.63) is 35.4 Å². The second-order valence-electron chi connectivity index (χ2n) is 4.68. The molecule has 1 aromatic rings. The fourth-order valence-electron chi connectivity index (χ4n) is 2.48. The van der Waals surface area contributed by atoms with Crippen molar-refractivity contribution >= 4 is 0 Å². The maximum atomic E-state index is 9.42. The highest BCUT2D eigenvalue weighted by Gasteiger charge is 2.15. The first-order valence-electron chi connectivity index (χ1n) is 6.05. The lowest BCUT2D eigenvalue weighted by Gasteiger charge is -2.22. The van der Waals surface area contributed by atoms with Gasteiger partial charge in [0.25, 0.3) is 0 Å². The van der Waals surface area contributed by atoms with E-state index in [9.17, 15) is 5.11 Å². The number of aliphatic hydroxyl groups is 1. The van der Waals surface area contributed by atoms with Gasteiger partial charge in [0.1, 0.15) is 0 Å². The molecule has 0 saturated heterocycles. The Kier molecular flexibility index (Phi) is 3.42. The standard InChI is InChI=1S/C14H20O/c1-11(15)12-7-9-14(10-8-12)13-5-3-2-4-6-13/h7-11,13,15H,2-6H2,1H3. The molecule has 2 rings (SSSR count). The van der Waals surface area contributed by atoms with Crippen LogP contribution in [0.25, 0.3) is 0 Å². The van der Waals surface area contributed by atoms with Gasteiger partial charge < -0.3 is 5.11 Å². The van der Waals surface area contributed by atoms with E-state index in [2.05, 4.69) is 24.3 Å². The monoisotopic (exact) mass is 204 g/mol. The average molecular weight is 204 g/mol. The zero-order valence-corrected chi connectivity index (χ0v) is 9.45. The van der Waals surface area contributed by atoms with Gasteiger partial charge in [-0.15, -0.1) is 0 Å². The molecule has 0 radical (unpaired) electrons. The van der Waals surface area contributed by atoms with Gasteiger partial charge in [-0.3, -0.25) is 0 Å². The van der Waals surface area contributed by atoms with Gasteiger partial charge in [-0.1, -0.05) is 43.5 Å². The molecule has 1 nitrogen and oxygen atoms in total. The van der Waals surface area contributed by atoms with Crippen molar-refractivity contribution in [2.75, 3.05) is 0 Å². The van der Waals surface area contributed by atoms with Crippen LogP contribution < -0.4 is 0 Å². The van der Waals surface area contributed by atoms with Gasteiger partial charge in [0.05, 0.1) is 6.10 Å². The summed E-state index contributed by atoms with van der Waals surface area (Å²) in [5, 5.41) is 9.42. The summed E-state index contributed by atoms with van der Waals surface area (Å²) in [5.74, 6) is 0.766. The number of hydrogen-bond acceptors (Lipinski definition) is 1. The van der Waals surface area contributed by atoms with E-state index in [1.165, 1.54) is 37.7 Å². The lowest BCUT2D eigenvalue weighted by atomic mass is 9.84. The van der Waals surface area contributed by atoms with Crippen LogP contribution in [0.2, 0.25) is 0 Å². The Morgan fingerprint density at radius 2 is 1.67 bits per heavy atom. The Morgan fingerprint density at radius 1 is 1.07 bits per heavy atom. The van der Waals surface area contributed by atoms with Crippen LogP contribution in [-0.4, -0.2) is 5.11 Å². The van der Waals surface area contributed by atoms with Crippen molar-refractivity contribution < 1.29 is 5.11 Å². The Bertz CT molecular complexity index is 294. The van der Waals surface area contributed by atoms with Crippen LogP contribution in [0, 0.1) is 0 Å². The maximum absolute atomic E-state index is 9.42.